The van der Waals surface area contributed by atoms with Crippen LogP contribution in [0.5, 0.6) is 0 Å². The van der Waals surface area contributed by atoms with Crippen molar-refractivity contribution in [3.8, 4) is 0 Å². The summed E-state index contributed by atoms with van der Waals surface area (Å²) in [7, 11) is 0. The minimum absolute atomic E-state index is 0.0804. The summed E-state index contributed by atoms with van der Waals surface area (Å²) in [5.41, 5.74) is 0.932. The number of rotatable bonds is 2. The minimum Gasteiger partial charge on any atom is -0.445 e. The molecule has 1 fully saturated rings. The summed E-state index contributed by atoms with van der Waals surface area (Å²) in [6.45, 7) is 4.40. The maximum absolute atomic E-state index is 12.1. The summed E-state index contributed by atoms with van der Waals surface area (Å²) in [5, 5.41) is 2.86. The SMILES string of the molecule is CC1CCN(C(=O)OCc2ccccc2)[C@H](C)C(=O)N1. The molecular weight excluding hydrogens is 256 g/mol. The fourth-order valence-corrected chi connectivity index (χ4v) is 2.16. The van der Waals surface area contributed by atoms with E-state index in [-0.39, 0.29) is 18.6 Å². The van der Waals surface area contributed by atoms with E-state index in [0.717, 1.165) is 12.0 Å². The number of ether oxygens (including phenoxy) is 1. The Bertz CT molecular complexity index is 475. The number of carbonyl (C=O) groups excluding carboxylic acids is 2. The van der Waals surface area contributed by atoms with Crippen molar-refractivity contribution in [2.45, 2.75) is 39.0 Å². The third-order valence-electron chi connectivity index (χ3n) is 3.48. The number of nitrogens with one attached hydrogen (secondary N) is 1. The van der Waals surface area contributed by atoms with Crippen molar-refractivity contribution in [1.29, 1.82) is 0 Å². The van der Waals surface area contributed by atoms with Gasteiger partial charge < -0.3 is 10.1 Å². The Labute approximate surface area is 118 Å². The highest BCUT2D eigenvalue weighted by Crippen LogP contribution is 2.11. The molecule has 0 spiro atoms. The fraction of sp³-hybridized carbons (Fsp3) is 0.467. The molecule has 1 aromatic rings. The lowest BCUT2D eigenvalue weighted by atomic mass is 10.2. The molecule has 0 aliphatic carbocycles. The molecule has 1 saturated heterocycles. The molecule has 1 heterocycles. The average Bonchev–Trinajstić information content (AvgIpc) is 2.57. The number of hydrogen-bond donors (Lipinski definition) is 1. The van der Waals surface area contributed by atoms with Crippen molar-refractivity contribution in [1.82, 2.24) is 10.2 Å². The monoisotopic (exact) mass is 276 g/mol. The molecule has 5 nitrogen and oxygen atoms in total. The van der Waals surface area contributed by atoms with Gasteiger partial charge in [-0.3, -0.25) is 9.69 Å². The van der Waals surface area contributed by atoms with E-state index in [2.05, 4.69) is 5.32 Å². The average molecular weight is 276 g/mol. The summed E-state index contributed by atoms with van der Waals surface area (Å²) in [6, 6.07) is 9.08. The smallest absolute Gasteiger partial charge is 0.410 e. The Morgan fingerprint density at radius 1 is 1.35 bits per heavy atom. The minimum atomic E-state index is -0.497. The lowest BCUT2D eigenvalue weighted by Crippen LogP contribution is -2.46. The van der Waals surface area contributed by atoms with Crippen LogP contribution in [0, 0.1) is 0 Å². The molecule has 20 heavy (non-hydrogen) atoms. The van der Waals surface area contributed by atoms with Gasteiger partial charge in [-0.2, -0.15) is 0 Å². The number of nitrogens with zero attached hydrogens (tertiary/aromatic N) is 1. The van der Waals surface area contributed by atoms with Gasteiger partial charge in [-0.05, 0) is 25.8 Å². The van der Waals surface area contributed by atoms with Crippen LogP contribution in [0.4, 0.5) is 4.79 Å². The predicted molar refractivity (Wildman–Crippen MR) is 75.0 cm³/mol. The first-order valence-corrected chi connectivity index (χ1v) is 6.85. The largest absolute Gasteiger partial charge is 0.445 e. The Kier molecular flexibility index (Phi) is 4.61. The van der Waals surface area contributed by atoms with E-state index in [4.69, 9.17) is 4.74 Å². The summed E-state index contributed by atoms with van der Waals surface area (Å²) in [5.74, 6) is -0.133. The number of carbonyl (C=O) groups is 2. The zero-order chi connectivity index (χ0) is 14.5. The third kappa shape index (κ3) is 3.50. The normalized spacial score (nSPS) is 22.9. The van der Waals surface area contributed by atoms with Gasteiger partial charge in [0.25, 0.3) is 0 Å². The first kappa shape index (κ1) is 14.4. The molecule has 0 radical (unpaired) electrons. The highest BCUT2D eigenvalue weighted by Gasteiger charge is 2.30. The van der Waals surface area contributed by atoms with E-state index >= 15 is 0 Å². The van der Waals surface area contributed by atoms with Gasteiger partial charge in [0.1, 0.15) is 12.6 Å². The van der Waals surface area contributed by atoms with Crippen molar-refractivity contribution >= 4 is 12.0 Å². The zero-order valence-corrected chi connectivity index (χ0v) is 11.8. The molecule has 1 aliphatic heterocycles. The van der Waals surface area contributed by atoms with Gasteiger partial charge in [0.2, 0.25) is 5.91 Å². The van der Waals surface area contributed by atoms with E-state index < -0.39 is 12.1 Å². The summed E-state index contributed by atoms with van der Waals surface area (Å²) < 4.78 is 5.28. The van der Waals surface area contributed by atoms with Crippen molar-refractivity contribution in [3.05, 3.63) is 35.9 Å². The summed E-state index contributed by atoms with van der Waals surface area (Å²) in [4.78, 5) is 25.5. The van der Waals surface area contributed by atoms with Crippen LogP contribution >= 0.6 is 0 Å². The Balaban J connectivity index is 1.95. The van der Waals surface area contributed by atoms with Crippen molar-refractivity contribution in [2.24, 2.45) is 0 Å². The van der Waals surface area contributed by atoms with Gasteiger partial charge in [-0.1, -0.05) is 30.3 Å². The van der Waals surface area contributed by atoms with Gasteiger partial charge in [0, 0.05) is 12.6 Å². The summed E-state index contributed by atoms with van der Waals surface area (Å²) >= 11 is 0. The van der Waals surface area contributed by atoms with Gasteiger partial charge in [0.05, 0.1) is 0 Å². The van der Waals surface area contributed by atoms with Gasteiger partial charge >= 0.3 is 6.09 Å². The van der Waals surface area contributed by atoms with E-state index in [1.807, 2.05) is 37.3 Å². The Hall–Kier alpha value is -2.04. The molecule has 1 aliphatic rings. The number of amides is 2. The maximum Gasteiger partial charge on any atom is 0.410 e. The molecule has 1 aromatic carbocycles. The van der Waals surface area contributed by atoms with Crippen LogP contribution in [0.15, 0.2) is 30.3 Å². The molecule has 0 bridgehead atoms. The molecule has 108 valence electrons. The maximum atomic E-state index is 12.1. The quantitative estimate of drug-likeness (QED) is 0.897. The lowest BCUT2D eigenvalue weighted by molar-refractivity contribution is -0.125. The van der Waals surface area contributed by atoms with E-state index in [1.54, 1.807) is 6.92 Å². The second-order valence-corrected chi connectivity index (χ2v) is 5.11. The van der Waals surface area contributed by atoms with Crippen LogP contribution < -0.4 is 5.32 Å². The van der Waals surface area contributed by atoms with E-state index in [9.17, 15) is 9.59 Å². The molecule has 0 saturated carbocycles. The van der Waals surface area contributed by atoms with Crippen LogP contribution in [-0.2, 0) is 16.1 Å². The van der Waals surface area contributed by atoms with Gasteiger partial charge in [0.15, 0.2) is 0 Å². The van der Waals surface area contributed by atoms with Gasteiger partial charge in [-0.15, -0.1) is 0 Å². The van der Waals surface area contributed by atoms with Crippen LogP contribution in [0.3, 0.4) is 0 Å². The van der Waals surface area contributed by atoms with Crippen molar-refractivity contribution < 1.29 is 14.3 Å². The second kappa shape index (κ2) is 6.41. The standard InChI is InChI=1S/C15H20N2O3/c1-11-8-9-17(12(2)14(18)16-11)15(19)20-10-13-6-4-3-5-7-13/h3-7,11-12H,8-10H2,1-2H3,(H,16,18)/t11?,12-/m1/s1. The highest BCUT2D eigenvalue weighted by molar-refractivity contribution is 5.85. The van der Waals surface area contributed by atoms with Crippen LogP contribution in [0.1, 0.15) is 25.8 Å². The van der Waals surface area contributed by atoms with E-state index in [0.29, 0.717) is 6.54 Å². The number of benzene rings is 1. The molecule has 1 N–H and O–H groups in total. The molecular formula is C15H20N2O3. The first-order chi connectivity index (χ1) is 9.58. The lowest BCUT2D eigenvalue weighted by Gasteiger charge is -2.24. The Morgan fingerprint density at radius 2 is 2.05 bits per heavy atom. The third-order valence-corrected chi connectivity index (χ3v) is 3.48. The van der Waals surface area contributed by atoms with Crippen LogP contribution in [0.25, 0.3) is 0 Å². The fourth-order valence-electron chi connectivity index (χ4n) is 2.16. The van der Waals surface area contributed by atoms with E-state index in [1.165, 1.54) is 4.90 Å². The first-order valence-electron chi connectivity index (χ1n) is 6.85. The molecule has 2 atom stereocenters. The zero-order valence-electron chi connectivity index (χ0n) is 11.8. The predicted octanol–water partition coefficient (Wildman–Crippen LogP) is 1.92. The molecule has 2 amide bonds. The molecule has 2 rings (SSSR count). The van der Waals surface area contributed by atoms with Crippen LogP contribution in [-0.4, -0.2) is 35.5 Å². The topological polar surface area (TPSA) is 58.6 Å². The summed E-state index contributed by atoms with van der Waals surface area (Å²) in [6.07, 6.45) is 0.293. The highest BCUT2D eigenvalue weighted by atomic mass is 16.6. The molecule has 0 aromatic heterocycles. The molecule has 5 heteroatoms. The van der Waals surface area contributed by atoms with Gasteiger partial charge in [-0.25, -0.2) is 4.79 Å². The van der Waals surface area contributed by atoms with Crippen LogP contribution in [0.2, 0.25) is 0 Å². The Morgan fingerprint density at radius 3 is 2.75 bits per heavy atom. The second-order valence-electron chi connectivity index (χ2n) is 5.11. The van der Waals surface area contributed by atoms with Crippen molar-refractivity contribution in [3.63, 3.8) is 0 Å². The number of hydrogen-bond acceptors (Lipinski definition) is 3. The molecule has 1 unspecified atom stereocenters. The van der Waals surface area contributed by atoms with Crippen molar-refractivity contribution in [2.75, 3.05) is 6.54 Å².